The molecule has 11 heteroatoms. The van der Waals surface area contributed by atoms with Crippen LogP contribution in [0.1, 0.15) is 142 Å². The molecular weight excluding hydrogens is 587 g/mol. The summed E-state index contributed by atoms with van der Waals surface area (Å²) in [5.41, 5.74) is 0. The van der Waals surface area contributed by atoms with Crippen molar-refractivity contribution < 1.29 is 37.8 Å². The molecular formula is C32H56BO8S2-. The van der Waals surface area contributed by atoms with Crippen LogP contribution in [0.4, 0.5) is 0 Å². The van der Waals surface area contributed by atoms with Gasteiger partial charge in [-0.05, 0) is 55.6 Å². The summed E-state index contributed by atoms with van der Waals surface area (Å²) >= 11 is 4.01. The highest BCUT2D eigenvalue weighted by Crippen LogP contribution is 2.32. The zero-order chi connectivity index (χ0) is 31.2. The number of thioether (sulfide) groups is 2. The summed E-state index contributed by atoms with van der Waals surface area (Å²) in [6.45, 7) is -1.33. The quantitative estimate of drug-likeness (QED) is 0.0521. The van der Waals surface area contributed by atoms with Gasteiger partial charge in [0.2, 0.25) is 0 Å². The Morgan fingerprint density at radius 1 is 0.488 bits per heavy atom. The fourth-order valence-electron chi connectivity index (χ4n) is 5.53. The summed E-state index contributed by atoms with van der Waals surface area (Å²) in [7, 11) is 0. The maximum absolute atomic E-state index is 12.6. The smallest absolute Gasteiger partial charge is 0.584 e. The third-order valence-electron chi connectivity index (χ3n) is 8.20. The van der Waals surface area contributed by atoms with E-state index < -0.39 is 42.7 Å². The largest absolute Gasteiger partial charge is 0.784 e. The van der Waals surface area contributed by atoms with Crippen LogP contribution in [-0.2, 0) is 37.8 Å². The van der Waals surface area contributed by atoms with Gasteiger partial charge in [-0.3, -0.25) is 19.2 Å². The lowest BCUT2D eigenvalue weighted by Gasteiger charge is -2.46. The van der Waals surface area contributed by atoms with Gasteiger partial charge in [0.25, 0.3) is 23.9 Å². The Morgan fingerprint density at radius 2 is 0.814 bits per heavy atom. The minimum absolute atomic E-state index is 0.292. The van der Waals surface area contributed by atoms with Gasteiger partial charge < -0.3 is 18.6 Å². The third kappa shape index (κ3) is 15.5. The second-order valence-corrected chi connectivity index (χ2v) is 14.2. The molecule has 2 aliphatic rings. The van der Waals surface area contributed by atoms with Crippen molar-refractivity contribution in [3.63, 3.8) is 0 Å². The lowest BCUT2D eigenvalue weighted by atomic mass is 9.90. The van der Waals surface area contributed by atoms with E-state index in [4.69, 9.17) is 18.6 Å². The summed E-state index contributed by atoms with van der Waals surface area (Å²) in [6.07, 6.45) is 24.3. The molecule has 0 saturated carbocycles. The Bertz CT molecular complexity index is 789. The van der Waals surface area contributed by atoms with Gasteiger partial charge in [0.15, 0.2) is 0 Å². The van der Waals surface area contributed by atoms with Crippen LogP contribution in [-0.4, -0.2) is 54.3 Å². The number of carbonyl (C=O) groups is 4. The normalized spacial score (nSPS) is 21.9. The summed E-state index contributed by atoms with van der Waals surface area (Å²) in [5, 5.41) is 0. The van der Waals surface area contributed by atoms with Crippen molar-refractivity contribution in [3.8, 4) is 0 Å². The molecule has 0 aromatic heterocycles. The van der Waals surface area contributed by atoms with Crippen molar-refractivity contribution in [1.82, 2.24) is 0 Å². The highest BCUT2D eigenvalue weighted by atomic mass is 32.2. The molecule has 2 fully saturated rings. The molecule has 0 N–H and O–H groups in total. The number of rotatable bonds is 26. The van der Waals surface area contributed by atoms with E-state index in [9.17, 15) is 19.2 Å². The van der Waals surface area contributed by atoms with Crippen molar-refractivity contribution in [2.24, 2.45) is 11.8 Å². The Labute approximate surface area is 268 Å². The van der Waals surface area contributed by atoms with Crippen molar-refractivity contribution in [2.45, 2.75) is 142 Å². The topological polar surface area (TPSA) is 105 Å². The van der Waals surface area contributed by atoms with Gasteiger partial charge in [-0.1, -0.05) is 110 Å². The molecule has 2 saturated heterocycles. The molecule has 0 unspecified atom stereocenters. The Morgan fingerprint density at radius 3 is 1.19 bits per heavy atom. The predicted octanol–water partition coefficient (Wildman–Crippen LogP) is 8.16. The lowest BCUT2D eigenvalue weighted by Crippen LogP contribution is -2.64. The van der Waals surface area contributed by atoms with Gasteiger partial charge in [0, 0.05) is 0 Å². The van der Waals surface area contributed by atoms with E-state index in [0.29, 0.717) is 25.7 Å². The van der Waals surface area contributed by atoms with E-state index >= 15 is 0 Å². The maximum atomic E-state index is 12.6. The van der Waals surface area contributed by atoms with Gasteiger partial charge >= 0.3 is 6.96 Å². The van der Waals surface area contributed by atoms with Gasteiger partial charge in [-0.2, -0.15) is 23.5 Å². The first-order chi connectivity index (χ1) is 20.9. The van der Waals surface area contributed by atoms with Crippen LogP contribution in [0.25, 0.3) is 0 Å². The third-order valence-corrected chi connectivity index (χ3v) is 10.0. The van der Waals surface area contributed by atoms with Crippen LogP contribution < -0.4 is 0 Å². The Hall–Kier alpha value is -1.36. The van der Waals surface area contributed by atoms with Crippen molar-refractivity contribution >= 4 is 54.4 Å². The van der Waals surface area contributed by atoms with E-state index in [1.165, 1.54) is 87.9 Å². The molecule has 0 aliphatic carbocycles. The molecule has 248 valence electrons. The molecule has 0 radical (unpaired) electrons. The van der Waals surface area contributed by atoms with E-state index in [0.717, 1.165) is 38.5 Å². The van der Waals surface area contributed by atoms with E-state index in [2.05, 4.69) is 24.9 Å². The zero-order valence-electron chi connectivity index (χ0n) is 26.8. The van der Waals surface area contributed by atoms with Crippen LogP contribution in [0.15, 0.2) is 0 Å². The molecule has 2 rings (SSSR count). The van der Waals surface area contributed by atoms with Gasteiger partial charge in [-0.15, -0.1) is 0 Å². The minimum atomic E-state index is -3.51. The zero-order valence-corrected chi connectivity index (χ0v) is 28.4. The average molecular weight is 644 g/mol. The van der Waals surface area contributed by atoms with Crippen LogP contribution in [0, 0.1) is 11.8 Å². The van der Waals surface area contributed by atoms with Crippen LogP contribution in [0.5, 0.6) is 0 Å². The molecule has 0 atom stereocenters. The van der Waals surface area contributed by atoms with Crippen molar-refractivity contribution in [1.29, 1.82) is 0 Å². The van der Waals surface area contributed by atoms with Gasteiger partial charge in [0.1, 0.15) is 11.8 Å². The fraction of sp³-hybridized carbons (Fsp3) is 0.875. The molecule has 2 heterocycles. The standard InChI is InChI=1S/C32H56BO8S2/c1-3-4-5-6-7-9-12-17-22-27-29(34)38-33(39-30(27)35)40-31(36)28(32(37)41-33)23-18-13-10-8-11-14-20-25-43-26-21-16-15-19-24-42-2/h27-28H,3-26H2,1-2H3/q-1. The second-order valence-electron chi connectivity index (χ2n) is 12.0. The minimum Gasteiger partial charge on any atom is -0.584 e. The molecule has 8 nitrogen and oxygen atoms in total. The predicted molar refractivity (Wildman–Crippen MR) is 175 cm³/mol. The lowest BCUT2D eigenvalue weighted by molar-refractivity contribution is -0.187. The molecule has 1 spiro atoms. The van der Waals surface area contributed by atoms with Crippen LogP contribution in [0.3, 0.4) is 0 Å². The van der Waals surface area contributed by atoms with Crippen LogP contribution in [0.2, 0.25) is 0 Å². The number of carbonyl (C=O) groups excluding carboxylic acids is 4. The van der Waals surface area contributed by atoms with E-state index in [1.54, 1.807) is 0 Å². The molecule has 0 aromatic carbocycles. The summed E-state index contributed by atoms with van der Waals surface area (Å²) in [6, 6.07) is 0. The van der Waals surface area contributed by atoms with Crippen molar-refractivity contribution in [2.75, 3.05) is 23.5 Å². The first-order valence-electron chi connectivity index (χ1n) is 17.0. The first kappa shape index (κ1) is 37.8. The first-order valence-corrected chi connectivity index (χ1v) is 19.6. The van der Waals surface area contributed by atoms with Gasteiger partial charge in [0.05, 0.1) is 0 Å². The monoisotopic (exact) mass is 643 g/mol. The van der Waals surface area contributed by atoms with Crippen LogP contribution >= 0.6 is 23.5 Å². The summed E-state index contributed by atoms with van der Waals surface area (Å²) < 4.78 is 20.6. The number of unbranched alkanes of at least 4 members (excludes halogenated alkanes) is 16. The molecule has 2 aliphatic heterocycles. The second kappa shape index (κ2) is 23.0. The maximum Gasteiger partial charge on any atom is 0.784 e. The van der Waals surface area contributed by atoms with Crippen molar-refractivity contribution in [3.05, 3.63) is 0 Å². The summed E-state index contributed by atoms with van der Waals surface area (Å²) in [5.74, 6) is -1.85. The Kier molecular flexibility index (Phi) is 20.3. The highest BCUT2D eigenvalue weighted by molar-refractivity contribution is 7.99. The van der Waals surface area contributed by atoms with E-state index in [-0.39, 0.29) is 0 Å². The van der Waals surface area contributed by atoms with E-state index in [1.807, 2.05) is 11.8 Å². The summed E-state index contributed by atoms with van der Waals surface area (Å²) in [4.78, 5) is 50.3. The molecule has 0 amide bonds. The Balaban J connectivity index is 1.53. The number of hydrogen-bond acceptors (Lipinski definition) is 10. The molecule has 43 heavy (non-hydrogen) atoms. The van der Waals surface area contributed by atoms with Gasteiger partial charge in [-0.25, -0.2) is 0 Å². The molecule has 0 aromatic rings. The molecule has 0 bridgehead atoms. The SMILES string of the molecule is CCCCCCCCCCC1C(=O)O[B-]2(OC1=O)OC(=O)C(CCCCCCCCCSCCCCCCSC)C(=O)O2. The highest BCUT2D eigenvalue weighted by Gasteiger charge is 2.58. The average Bonchev–Trinajstić information content (AvgIpc) is 2.96. The number of hydrogen-bond donors (Lipinski definition) is 0. The fourth-order valence-corrected chi connectivity index (χ4v) is 7.04.